The summed E-state index contributed by atoms with van der Waals surface area (Å²) in [7, 11) is 9.04. The first-order valence-electron chi connectivity index (χ1n) is 49.7. The van der Waals surface area contributed by atoms with Crippen molar-refractivity contribution in [1.29, 1.82) is 0 Å². The predicted molar refractivity (Wildman–Crippen MR) is 511 cm³/mol. The van der Waals surface area contributed by atoms with E-state index in [1.54, 1.807) is 82.1 Å². The average Bonchev–Trinajstić information content (AvgIpc) is 0.777. The van der Waals surface area contributed by atoms with E-state index in [2.05, 4.69) is 0 Å². The van der Waals surface area contributed by atoms with Crippen LogP contribution in [0.25, 0.3) is 0 Å². The second-order valence-corrected chi connectivity index (χ2v) is 39.8. The molecule has 0 aromatic rings. The molecule has 6 heterocycles. The van der Waals surface area contributed by atoms with Crippen molar-refractivity contribution in [3.63, 3.8) is 0 Å². The molecule has 0 aromatic heterocycles. The van der Waals surface area contributed by atoms with E-state index in [1.165, 1.54) is 30.9 Å². The maximum atomic E-state index is 14.4. The molecule has 2 saturated carbocycles. The Bertz CT molecular complexity index is 4140. The Balaban J connectivity index is 0.000000408. The van der Waals surface area contributed by atoms with Crippen LogP contribution in [0.1, 0.15) is 272 Å². The normalized spacial score (nSPS) is 37.9. The first kappa shape index (κ1) is 116. The molecule has 0 unspecified atom stereocenters. The van der Waals surface area contributed by atoms with Crippen molar-refractivity contribution in [3.05, 3.63) is 95.2 Å². The van der Waals surface area contributed by atoms with Crippen LogP contribution >= 0.6 is 0 Å². The second kappa shape index (κ2) is 56.3. The van der Waals surface area contributed by atoms with Crippen LogP contribution in [0.15, 0.2) is 95.2 Å². The van der Waals surface area contributed by atoms with E-state index in [0.29, 0.717) is 133 Å². The summed E-state index contributed by atoms with van der Waals surface area (Å²) in [5.74, 6) is -16.5. The summed E-state index contributed by atoms with van der Waals surface area (Å²) in [5.41, 5.74) is 2.52. The van der Waals surface area contributed by atoms with Crippen molar-refractivity contribution < 1.29 is 130 Å². The van der Waals surface area contributed by atoms with Crippen LogP contribution in [-0.2, 0) is 105 Å². The number of hydrogen-bond donors (Lipinski definition) is 5. The number of nitrogens with zero attached hydrogens (tertiary/aromatic N) is 2. The fraction of sp³-hybridized carbons (Fsp3) is 0.745. The quantitative estimate of drug-likeness (QED) is 0.0495. The lowest BCUT2D eigenvalue weighted by molar-refractivity contribution is -0.265. The molecular weight excluding hydrogens is 1730 g/mol. The van der Waals surface area contributed by atoms with Gasteiger partial charge in [-0.2, -0.15) is 0 Å². The topological polar surface area (TPSA) is 397 Å². The Morgan fingerprint density at radius 3 is 1.21 bits per heavy atom. The molecule has 762 valence electrons. The maximum Gasteiger partial charge on any atom is 0.329 e. The Morgan fingerprint density at radius 2 is 0.837 bits per heavy atom. The molecule has 6 aliphatic heterocycles. The van der Waals surface area contributed by atoms with Crippen LogP contribution in [0.4, 0.5) is 0 Å². The van der Waals surface area contributed by atoms with E-state index in [9.17, 15) is 78.3 Å². The molecule has 4 bridgehead atoms. The van der Waals surface area contributed by atoms with E-state index >= 15 is 0 Å². The zero-order valence-electron chi connectivity index (χ0n) is 85.1. The molecule has 30 atom stereocenters. The molecule has 0 spiro atoms. The molecule has 2 amide bonds. The Morgan fingerprint density at radius 1 is 0.452 bits per heavy atom. The number of cyclic esters (lactones) is 2. The van der Waals surface area contributed by atoms with Gasteiger partial charge >= 0.3 is 17.9 Å². The number of ether oxygens (including phenoxy) is 11. The molecular formula is C106H166N2O27. The van der Waals surface area contributed by atoms with Crippen LogP contribution in [0.5, 0.6) is 0 Å². The van der Waals surface area contributed by atoms with Crippen LogP contribution < -0.4 is 0 Å². The first-order chi connectivity index (χ1) is 63.9. The third-order valence-corrected chi connectivity index (χ3v) is 29.2. The number of Topliss-reactive ketones (excluding diaryl/α,β-unsaturated/α-hetero) is 6. The van der Waals surface area contributed by atoms with Crippen molar-refractivity contribution in [2.45, 2.75) is 381 Å². The molecule has 0 radical (unpaired) electrons. The smallest absolute Gasteiger partial charge is 0.329 e. The number of fused-ring (bicyclic) bond motifs is 6. The Kier molecular flexibility index (Phi) is 48.6. The van der Waals surface area contributed by atoms with Gasteiger partial charge in [0.15, 0.2) is 11.6 Å². The summed E-state index contributed by atoms with van der Waals surface area (Å²) in [4.78, 5) is 156. The van der Waals surface area contributed by atoms with E-state index in [0.717, 1.165) is 17.6 Å². The lowest BCUT2D eigenvalue weighted by atomic mass is 9.78. The first-order valence-corrected chi connectivity index (χ1v) is 49.7. The average molecular weight is 1900 g/mol. The van der Waals surface area contributed by atoms with Crippen LogP contribution in [-0.4, -0.2) is 265 Å². The lowest BCUT2D eigenvalue weighted by Crippen LogP contribution is -2.61. The van der Waals surface area contributed by atoms with Crippen molar-refractivity contribution in [3.8, 4) is 0 Å². The van der Waals surface area contributed by atoms with Gasteiger partial charge in [0.2, 0.25) is 11.6 Å². The van der Waals surface area contributed by atoms with Crippen molar-refractivity contribution in [1.82, 2.24) is 9.80 Å². The molecule has 135 heavy (non-hydrogen) atoms. The van der Waals surface area contributed by atoms with Gasteiger partial charge in [-0.15, -0.1) is 0 Å². The van der Waals surface area contributed by atoms with Crippen LogP contribution in [0, 0.1) is 71.0 Å². The molecule has 4 saturated heterocycles. The van der Waals surface area contributed by atoms with E-state index in [4.69, 9.17) is 52.1 Å². The monoisotopic (exact) mass is 1900 g/mol. The van der Waals surface area contributed by atoms with E-state index in [-0.39, 0.29) is 116 Å². The van der Waals surface area contributed by atoms with Crippen LogP contribution in [0.2, 0.25) is 0 Å². The minimum atomic E-state index is -2.44. The molecule has 2 aliphatic carbocycles. The number of methoxy groups -OCH3 is 6. The highest BCUT2D eigenvalue weighted by molar-refractivity contribution is 6.39. The van der Waals surface area contributed by atoms with Gasteiger partial charge in [-0.1, -0.05) is 156 Å². The second-order valence-electron chi connectivity index (χ2n) is 39.8. The SMILES string of the molecule is CC.CO[C@H]1C[C@@H]2CC[C@@H](C)[C@@](O)(O2)C(=O)C(=O)N2CCCC[C@H]2C(=O)O[C@H]([C@H](C)C[C@@H]2CC[C@@H](O)[C@H](OC)C2)CC(=O)[C@H](C)/C=C(\C)[C@@H](O)[C@@H](OC)C(=O)[C@H](C)C[C@H](C)/C=C/C=CC=C1C.CO[C@H]1C[C@@H]2CC[C@@H](C)[C@@](O)(O2)C(=O)C(=O)N2CCCC[C@H]2C(=O)O[C@H]([C@H](C)C[C@@H]2CC[C@@H](OC(C)=O)[C@H](OC)C2)CC(=O)[C@H](C)/C=C(\C)[C@@H](O)[C@@H](OC)C(=O)[C@H](C)C[C@H](C)/C=C/C=CC=C1C. The molecule has 8 rings (SSSR count). The molecule has 8 aliphatic rings. The number of esters is 3. The maximum absolute atomic E-state index is 14.4. The fourth-order valence-electron chi connectivity index (χ4n) is 20.6. The van der Waals surface area contributed by atoms with Gasteiger partial charge in [-0.25, -0.2) is 9.59 Å². The summed E-state index contributed by atoms with van der Waals surface area (Å²) in [6.07, 6.45) is 22.3. The number of carbonyl (C=O) groups excluding carboxylic acids is 11. The number of piperidine rings is 2. The van der Waals surface area contributed by atoms with E-state index < -0.39 is 168 Å². The highest BCUT2D eigenvalue weighted by Crippen LogP contribution is 2.42. The molecule has 29 heteroatoms. The predicted octanol–water partition coefficient (Wildman–Crippen LogP) is 14.0. The molecule has 29 nitrogen and oxygen atoms in total. The molecule has 6 fully saturated rings. The summed E-state index contributed by atoms with van der Waals surface area (Å²) >= 11 is 0. The van der Waals surface area contributed by atoms with Gasteiger partial charge < -0.3 is 87.4 Å². The van der Waals surface area contributed by atoms with Gasteiger partial charge in [0.05, 0.1) is 42.7 Å². The number of ketones is 6. The van der Waals surface area contributed by atoms with Gasteiger partial charge in [-0.3, -0.25) is 43.2 Å². The number of rotatable bonds is 13. The van der Waals surface area contributed by atoms with Gasteiger partial charge in [0.25, 0.3) is 23.4 Å². The number of amides is 2. The minimum absolute atomic E-state index is 0.0110. The number of carbonyl (C=O) groups is 11. The number of hydrogen-bond acceptors (Lipinski definition) is 27. The third-order valence-electron chi connectivity index (χ3n) is 29.2. The zero-order valence-corrected chi connectivity index (χ0v) is 85.1. The molecule has 0 aromatic carbocycles. The van der Waals surface area contributed by atoms with Gasteiger partial charge in [-0.05, 0) is 214 Å². The van der Waals surface area contributed by atoms with E-state index in [1.807, 2.05) is 130 Å². The largest absolute Gasteiger partial charge is 0.460 e. The fourth-order valence-corrected chi connectivity index (χ4v) is 20.6. The highest BCUT2D eigenvalue weighted by atomic mass is 16.6. The van der Waals surface area contributed by atoms with Crippen LogP contribution in [0.3, 0.4) is 0 Å². The summed E-state index contributed by atoms with van der Waals surface area (Å²) in [5, 5.41) is 57.3. The minimum Gasteiger partial charge on any atom is -0.460 e. The molecule has 5 N–H and O–H groups in total. The lowest BCUT2D eigenvalue weighted by Gasteiger charge is -2.42. The summed E-state index contributed by atoms with van der Waals surface area (Å²) < 4.78 is 64.5. The van der Waals surface area contributed by atoms with Gasteiger partial charge in [0, 0.05) is 124 Å². The van der Waals surface area contributed by atoms with Crippen molar-refractivity contribution in [2.24, 2.45) is 71.0 Å². The standard InChI is InChI=1S/C53H81NO14.C51H79NO13.C2H6/c1-31-17-13-12-14-18-32(2)44(63-9)29-40-22-20-37(7)53(62,68-40)50(59)51(60)54-24-16-15-19-41(54)52(61)67-45(34(4)27-39-21-23-43(66-38(8)55)46(28-39)64-10)30-42(56)33(3)26-36(6)48(58)49(65-11)47(57)35(5)25-31;1-30-16-12-11-13-17-31(2)42(61-8)28-38-21-19-36(7)51(60,65-38)48(57)49(58)52-23-15-14-18-39(52)50(59)64-43(33(4)26-37-20-22-40(53)44(27-37)62-9)29-41(54)32(3)25-35(6)46(56)47(63-10)45(55)34(5)24-30;1-2/h12-14,17-18,26,31,33-35,37,39-41,43-46,48-49,58,62H,15-16,19-25,27-30H2,1-11H3;11-13,16-17,25,30,32-34,36-40,42-44,46-47,53,56,60H,14-15,18-24,26-29H2,1-10H3;1-2H3/b14-12?,17-13+,32-18?,36-26+;13-11?,16-12+,31-17?,35-25+;/t31-,33-,34-,35-,37-,39+,40+,41+,43-,44+,45+,46-,48-,49+,53-;30-,32-,33-,34-,36-,37+,38+,39+,40-,42+,43+,44-,46-,47+,51-;/m11./s1. The van der Waals surface area contributed by atoms with Crippen molar-refractivity contribution in [2.75, 3.05) is 55.7 Å². The van der Waals surface area contributed by atoms with Gasteiger partial charge in [0.1, 0.15) is 66.4 Å². The summed E-state index contributed by atoms with van der Waals surface area (Å²) in [6, 6.07) is -2.30. The van der Waals surface area contributed by atoms with Crippen molar-refractivity contribution >= 4 is 64.4 Å². The zero-order chi connectivity index (χ0) is 101. The Hall–Kier alpha value is -7.23. The number of aliphatic hydroxyl groups excluding tert-OH is 3. The number of allylic oxidation sites excluding steroid dienone is 12. The third kappa shape index (κ3) is 32.9. The summed E-state index contributed by atoms with van der Waals surface area (Å²) in [6.45, 7) is 30.8. The highest BCUT2D eigenvalue weighted by Gasteiger charge is 2.56. The number of aliphatic hydroxyl groups is 5. The Labute approximate surface area is 803 Å².